The van der Waals surface area contributed by atoms with Crippen LogP contribution in [0.15, 0.2) is 103 Å². The van der Waals surface area contributed by atoms with Gasteiger partial charge in [0, 0.05) is 33.8 Å². The average Bonchev–Trinajstić information content (AvgIpc) is 2.81. The van der Waals surface area contributed by atoms with Crippen LogP contribution < -0.4 is 4.90 Å². The number of rotatable bonds is 3. The maximum Gasteiger partial charge on any atom is 0.0459 e. The van der Waals surface area contributed by atoms with Gasteiger partial charge >= 0.3 is 0 Å². The van der Waals surface area contributed by atoms with Gasteiger partial charge in [-0.3, -0.25) is 0 Å². The summed E-state index contributed by atoms with van der Waals surface area (Å²) in [5.74, 6) is 9.52. The van der Waals surface area contributed by atoms with Crippen LogP contribution in [0.4, 0.5) is 11.4 Å². The molecule has 1 nitrogen and oxygen atoms in total. The third-order valence-corrected chi connectivity index (χ3v) is 5.02. The second-order valence-electron chi connectivity index (χ2n) is 6.94. The highest BCUT2D eigenvalue weighted by Crippen LogP contribution is 2.32. The van der Waals surface area contributed by atoms with Crippen molar-refractivity contribution in [3.8, 4) is 23.4 Å². The number of nitrogens with zero attached hydrogens (tertiary/aromatic N) is 1. The van der Waals surface area contributed by atoms with E-state index in [-0.39, 0.29) is 0 Å². The zero-order valence-corrected chi connectivity index (χ0v) is 17.8. The molecule has 0 aromatic heterocycles. The van der Waals surface area contributed by atoms with E-state index in [4.69, 9.17) is 0 Å². The van der Waals surface area contributed by atoms with Gasteiger partial charge in [0.05, 0.1) is 0 Å². The first-order valence-electron chi connectivity index (χ1n) is 9.98. The number of hydrogen-bond donors (Lipinski definition) is 0. The summed E-state index contributed by atoms with van der Waals surface area (Å²) in [4.78, 5) is 2.33. The molecule has 2 heteroatoms. The number of para-hydroxylation sites is 1. The van der Waals surface area contributed by atoms with Crippen LogP contribution in [0, 0.1) is 23.4 Å². The molecule has 1 atom stereocenters. The van der Waals surface area contributed by atoms with Crippen LogP contribution in [-0.4, -0.2) is 0 Å². The Morgan fingerprint density at radius 3 is 1.80 bits per heavy atom. The lowest BCUT2D eigenvalue weighted by Gasteiger charge is -2.28. The minimum absolute atomic E-state index is 0.985. The van der Waals surface area contributed by atoms with E-state index in [2.05, 4.69) is 110 Å². The summed E-state index contributed by atoms with van der Waals surface area (Å²) in [6, 6.07) is 27.0. The van der Waals surface area contributed by atoms with Gasteiger partial charge in [-0.2, -0.15) is 0 Å². The monoisotopic (exact) mass is 403 g/mol. The van der Waals surface area contributed by atoms with Crippen LogP contribution in [0.2, 0.25) is 0 Å². The topological polar surface area (TPSA) is 3.24 Å². The molecule has 0 bridgehead atoms. The minimum Gasteiger partial charge on any atom is -0.314 e. The summed E-state index contributed by atoms with van der Waals surface area (Å²) in [7, 11) is 2.41. The van der Waals surface area contributed by atoms with Crippen LogP contribution in [0.3, 0.4) is 0 Å². The summed E-state index contributed by atoms with van der Waals surface area (Å²) in [5.41, 5.74) is 9.43. The molecule has 4 rings (SSSR count). The summed E-state index contributed by atoms with van der Waals surface area (Å²) >= 11 is 0. The van der Waals surface area contributed by atoms with Gasteiger partial charge < -0.3 is 4.90 Å². The molecule has 1 aliphatic rings. The van der Waals surface area contributed by atoms with Crippen LogP contribution >= 0.6 is 9.24 Å². The number of hydrogen-bond acceptors (Lipinski definition) is 1. The predicted octanol–water partition coefficient (Wildman–Crippen LogP) is 6.64. The fraction of sp³-hybridized carbons (Fsp3) is 0.0714. The van der Waals surface area contributed by atoms with Gasteiger partial charge in [-0.1, -0.05) is 63.0 Å². The van der Waals surface area contributed by atoms with Crippen molar-refractivity contribution in [3.05, 3.63) is 119 Å². The molecule has 0 saturated heterocycles. The maximum atomic E-state index is 3.26. The molecule has 1 unspecified atom stereocenters. The quantitative estimate of drug-likeness (QED) is 0.350. The Labute approximate surface area is 181 Å². The standard InChI is InChI=1S/C28H22NP/c30-22-21-25-15-13-23(14-16-25)11-12-24-17-19-28(20-18-24)29(26-7-3-1-4-8-26)27-9-5-2-6-10-27/h1-5,7-9,13-20H,6,10,30H2. The first-order valence-corrected chi connectivity index (χ1v) is 10.6. The molecule has 0 aliphatic heterocycles. The predicted molar refractivity (Wildman–Crippen MR) is 130 cm³/mol. The molecule has 1 aliphatic carbocycles. The van der Waals surface area contributed by atoms with Crippen molar-refractivity contribution in [2.75, 3.05) is 4.90 Å². The SMILES string of the molecule is PC#Cc1ccc(C#Cc2ccc(N(C3=CC=CCC3)c3ccccc3)cc2)cc1. The van der Waals surface area contributed by atoms with Crippen molar-refractivity contribution >= 4 is 20.6 Å². The molecule has 0 spiro atoms. The van der Waals surface area contributed by atoms with E-state index in [9.17, 15) is 0 Å². The Kier molecular flexibility index (Phi) is 6.47. The van der Waals surface area contributed by atoms with Gasteiger partial charge in [-0.05, 0) is 79.6 Å². The lowest BCUT2D eigenvalue weighted by Crippen LogP contribution is -2.17. The Morgan fingerprint density at radius 2 is 1.23 bits per heavy atom. The van der Waals surface area contributed by atoms with E-state index in [0.29, 0.717) is 0 Å². The highest BCUT2D eigenvalue weighted by molar-refractivity contribution is 7.23. The largest absolute Gasteiger partial charge is 0.314 e. The van der Waals surface area contributed by atoms with Gasteiger partial charge in [0.2, 0.25) is 0 Å². The van der Waals surface area contributed by atoms with Crippen molar-refractivity contribution in [2.24, 2.45) is 0 Å². The highest BCUT2D eigenvalue weighted by Gasteiger charge is 2.14. The van der Waals surface area contributed by atoms with Crippen LogP contribution in [0.5, 0.6) is 0 Å². The molecule has 0 fully saturated rings. The molecule has 0 radical (unpaired) electrons. The van der Waals surface area contributed by atoms with Crippen molar-refractivity contribution in [2.45, 2.75) is 12.8 Å². The molecule has 144 valence electrons. The number of anilines is 2. The molecular weight excluding hydrogens is 381 g/mol. The second-order valence-corrected chi connectivity index (χ2v) is 7.23. The first-order chi connectivity index (χ1) is 14.8. The zero-order valence-electron chi connectivity index (χ0n) is 16.7. The van der Waals surface area contributed by atoms with Crippen LogP contribution in [0.25, 0.3) is 0 Å². The van der Waals surface area contributed by atoms with Crippen molar-refractivity contribution in [1.82, 2.24) is 0 Å². The summed E-state index contributed by atoms with van der Waals surface area (Å²) in [6.45, 7) is 0. The highest BCUT2D eigenvalue weighted by atomic mass is 31.0. The summed E-state index contributed by atoms with van der Waals surface area (Å²) < 4.78 is 0. The van der Waals surface area contributed by atoms with E-state index >= 15 is 0 Å². The number of benzene rings is 3. The third kappa shape index (κ3) is 4.90. The third-order valence-electron chi connectivity index (χ3n) is 4.87. The smallest absolute Gasteiger partial charge is 0.0459 e. The molecular formula is C28H22NP. The molecule has 30 heavy (non-hydrogen) atoms. The van der Waals surface area contributed by atoms with Crippen molar-refractivity contribution < 1.29 is 0 Å². The summed E-state index contributed by atoms with van der Waals surface area (Å²) in [5, 5.41) is 0. The van der Waals surface area contributed by atoms with E-state index in [1.807, 2.05) is 24.3 Å². The molecule has 0 heterocycles. The average molecular weight is 403 g/mol. The second kappa shape index (κ2) is 9.80. The number of allylic oxidation sites excluding steroid dienone is 4. The Morgan fingerprint density at radius 1 is 0.667 bits per heavy atom. The van der Waals surface area contributed by atoms with E-state index in [1.165, 1.54) is 11.4 Å². The molecule has 0 N–H and O–H groups in total. The zero-order chi connectivity index (χ0) is 20.6. The fourth-order valence-electron chi connectivity index (χ4n) is 3.39. The molecule has 3 aromatic rings. The normalized spacial score (nSPS) is 12.1. The Balaban J connectivity index is 1.59. The van der Waals surface area contributed by atoms with Gasteiger partial charge in [0.1, 0.15) is 0 Å². The lowest BCUT2D eigenvalue weighted by molar-refractivity contribution is 0.917. The fourth-order valence-corrected chi connectivity index (χ4v) is 3.56. The minimum atomic E-state index is 0.985. The molecule has 0 saturated carbocycles. The first kappa shape index (κ1) is 19.8. The molecule has 0 amide bonds. The van der Waals surface area contributed by atoms with Gasteiger partial charge in [-0.15, -0.1) is 0 Å². The molecule has 3 aromatic carbocycles. The van der Waals surface area contributed by atoms with E-state index < -0.39 is 0 Å². The van der Waals surface area contributed by atoms with Crippen LogP contribution in [-0.2, 0) is 0 Å². The van der Waals surface area contributed by atoms with E-state index in [1.54, 1.807) is 0 Å². The van der Waals surface area contributed by atoms with E-state index in [0.717, 1.165) is 35.2 Å². The van der Waals surface area contributed by atoms with Crippen molar-refractivity contribution in [1.29, 1.82) is 0 Å². The summed E-state index contributed by atoms with van der Waals surface area (Å²) in [6.07, 6.45) is 8.66. The van der Waals surface area contributed by atoms with Gasteiger partial charge in [0.25, 0.3) is 0 Å². The Hall–Kier alpha value is -3.51. The lowest BCUT2D eigenvalue weighted by atomic mass is 10.1. The van der Waals surface area contributed by atoms with Gasteiger partial charge in [-0.25, -0.2) is 0 Å². The Bertz CT molecular complexity index is 1180. The van der Waals surface area contributed by atoms with Crippen molar-refractivity contribution in [3.63, 3.8) is 0 Å². The van der Waals surface area contributed by atoms with Crippen LogP contribution in [0.1, 0.15) is 29.5 Å². The van der Waals surface area contributed by atoms with Gasteiger partial charge in [0.15, 0.2) is 0 Å². The maximum absolute atomic E-state index is 3.26.